The molecular formula is C21H15Cl2F3N4O3. The number of alkyl halides is 3. The quantitative estimate of drug-likeness (QED) is 0.412. The molecule has 0 atom stereocenters. The molecule has 0 saturated heterocycles. The molecule has 7 nitrogen and oxygen atoms in total. The van der Waals surface area contributed by atoms with Crippen molar-refractivity contribution in [2.75, 3.05) is 0 Å². The van der Waals surface area contributed by atoms with Crippen LogP contribution in [-0.4, -0.2) is 18.7 Å². The number of imidazole rings is 1. The van der Waals surface area contributed by atoms with Gasteiger partial charge in [0.05, 0.1) is 17.1 Å². The molecule has 0 aliphatic carbocycles. The van der Waals surface area contributed by atoms with Gasteiger partial charge < -0.3 is 4.74 Å². The standard InChI is InChI=1S/C21H15Cl2F3N4O3/c1-28-17-16(18(31)29(2)20(28)32)30(10-11-3-5-12(22)6-4-11)19(27-17)33-13-7-8-15(23)14(9-13)21(24,25)26/h3-9H,10H2,1-2H3. The van der Waals surface area contributed by atoms with Gasteiger partial charge in [-0.15, -0.1) is 0 Å². The third-order valence-corrected chi connectivity index (χ3v) is 5.60. The van der Waals surface area contributed by atoms with Gasteiger partial charge in [0.15, 0.2) is 11.2 Å². The number of aromatic nitrogens is 4. The zero-order chi connectivity index (χ0) is 24.1. The summed E-state index contributed by atoms with van der Waals surface area (Å²) in [5.41, 5.74) is -1.53. The van der Waals surface area contributed by atoms with Gasteiger partial charge in [0.2, 0.25) is 0 Å². The maximum Gasteiger partial charge on any atom is 0.417 e. The molecule has 0 bridgehead atoms. The summed E-state index contributed by atoms with van der Waals surface area (Å²) < 4.78 is 49.0. The summed E-state index contributed by atoms with van der Waals surface area (Å²) in [6.45, 7) is 0.0795. The fourth-order valence-corrected chi connectivity index (χ4v) is 3.66. The second-order valence-corrected chi connectivity index (χ2v) is 8.07. The lowest BCUT2D eigenvalue weighted by Crippen LogP contribution is -2.37. The summed E-state index contributed by atoms with van der Waals surface area (Å²) in [7, 11) is 2.75. The van der Waals surface area contributed by atoms with Crippen LogP contribution in [0.3, 0.4) is 0 Å². The van der Waals surface area contributed by atoms with Crippen LogP contribution in [0.15, 0.2) is 52.1 Å². The first-order valence-electron chi connectivity index (χ1n) is 9.42. The van der Waals surface area contributed by atoms with E-state index < -0.39 is 28.0 Å². The number of aryl methyl sites for hydroxylation is 1. The van der Waals surface area contributed by atoms with Crippen molar-refractivity contribution in [2.45, 2.75) is 12.7 Å². The molecule has 0 unspecified atom stereocenters. The van der Waals surface area contributed by atoms with Gasteiger partial charge in [-0.1, -0.05) is 35.3 Å². The minimum atomic E-state index is -4.69. The van der Waals surface area contributed by atoms with Crippen molar-refractivity contribution in [3.63, 3.8) is 0 Å². The number of hydrogen-bond donors (Lipinski definition) is 0. The predicted molar refractivity (Wildman–Crippen MR) is 117 cm³/mol. The fraction of sp³-hybridized carbons (Fsp3) is 0.190. The van der Waals surface area contributed by atoms with Gasteiger partial charge in [-0.05, 0) is 35.9 Å². The monoisotopic (exact) mass is 498 g/mol. The van der Waals surface area contributed by atoms with Crippen molar-refractivity contribution in [2.24, 2.45) is 14.1 Å². The highest BCUT2D eigenvalue weighted by molar-refractivity contribution is 6.31. The van der Waals surface area contributed by atoms with Gasteiger partial charge in [-0.25, -0.2) is 4.79 Å². The molecular weight excluding hydrogens is 484 g/mol. The summed E-state index contributed by atoms with van der Waals surface area (Å²) in [5.74, 6) is -0.193. The fourth-order valence-electron chi connectivity index (χ4n) is 3.31. The number of benzene rings is 2. The molecule has 33 heavy (non-hydrogen) atoms. The Balaban J connectivity index is 1.92. The molecule has 0 fully saturated rings. The van der Waals surface area contributed by atoms with Gasteiger partial charge in [-0.3, -0.25) is 18.5 Å². The third-order valence-electron chi connectivity index (χ3n) is 5.02. The van der Waals surface area contributed by atoms with Crippen LogP contribution < -0.4 is 16.0 Å². The molecule has 2 aromatic heterocycles. The predicted octanol–water partition coefficient (Wildman–Crippen LogP) is 4.60. The molecule has 0 spiro atoms. The number of ether oxygens (including phenoxy) is 1. The van der Waals surface area contributed by atoms with Gasteiger partial charge in [-0.2, -0.15) is 18.2 Å². The summed E-state index contributed by atoms with van der Waals surface area (Å²) in [4.78, 5) is 29.5. The van der Waals surface area contributed by atoms with E-state index in [4.69, 9.17) is 27.9 Å². The van der Waals surface area contributed by atoms with Crippen LogP contribution in [0.5, 0.6) is 11.8 Å². The first-order valence-corrected chi connectivity index (χ1v) is 10.2. The second-order valence-electron chi connectivity index (χ2n) is 7.23. The maximum absolute atomic E-state index is 13.3. The van der Waals surface area contributed by atoms with E-state index in [0.29, 0.717) is 10.6 Å². The van der Waals surface area contributed by atoms with Gasteiger partial charge in [0.25, 0.3) is 5.56 Å². The highest BCUT2D eigenvalue weighted by Gasteiger charge is 2.34. The lowest BCUT2D eigenvalue weighted by Gasteiger charge is -2.13. The smallest absolute Gasteiger partial charge is 0.417 e. The van der Waals surface area contributed by atoms with Crippen LogP contribution in [0.25, 0.3) is 11.2 Å². The Bertz CT molecular complexity index is 1490. The third kappa shape index (κ3) is 4.23. The molecule has 4 aromatic rings. The van der Waals surface area contributed by atoms with Crippen molar-refractivity contribution >= 4 is 34.4 Å². The van der Waals surface area contributed by atoms with Crippen molar-refractivity contribution in [3.05, 3.63) is 84.5 Å². The molecule has 0 N–H and O–H groups in total. The van der Waals surface area contributed by atoms with Gasteiger partial charge >= 0.3 is 17.9 Å². The minimum absolute atomic E-state index is 0.0251. The zero-order valence-corrected chi connectivity index (χ0v) is 18.7. The lowest BCUT2D eigenvalue weighted by molar-refractivity contribution is -0.137. The van der Waals surface area contributed by atoms with Crippen LogP contribution in [0, 0.1) is 0 Å². The van der Waals surface area contributed by atoms with E-state index in [1.165, 1.54) is 24.7 Å². The number of hydrogen-bond acceptors (Lipinski definition) is 4. The highest BCUT2D eigenvalue weighted by atomic mass is 35.5. The molecule has 4 rings (SSSR count). The van der Waals surface area contributed by atoms with E-state index in [0.717, 1.165) is 21.3 Å². The largest absolute Gasteiger partial charge is 0.425 e. The van der Waals surface area contributed by atoms with E-state index in [9.17, 15) is 22.8 Å². The normalized spacial score (nSPS) is 11.8. The van der Waals surface area contributed by atoms with Crippen LogP contribution in [-0.2, 0) is 26.8 Å². The Labute approximate surface area is 194 Å². The van der Waals surface area contributed by atoms with Crippen molar-refractivity contribution in [3.8, 4) is 11.8 Å². The Morgan fingerprint density at radius 3 is 2.30 bits per heavy atom. The molecule has 0 aliphatic rings. The van der Waals surface area contributed by atoms with Crippen molar-refractivity contribution in [1.82, 2.24) is 18.7 Å². The molecule has 12 heteroatoms. The molecule has 0 amide bonds. The van der Waals surface area contributed by atoms with Crippen LogP contribution in [0.2, 0.25) is 10.0 Å². The molecule has 0 saturated carbocycles. The average Bonchev–Trinajstić information content (AvgIpc) is 3.11. The van der Waals surface area contributed by atoms with Crippen LogP contribution in [0.4, 0.5) is 13.2 Å². The Morgan fingerprint density at radius 1 is 1.00 bits per heavy atom. The molecule has 0 radical (unpaired) electrons. The number of fused-ring (bicyclic) bond motifs is 1. The van der Waals surface area contributed by atoms with Crippen molar-refractivity contribution < 1.29 is 17.9 Å². The first-order chi connectivity index (χ1) is 15.5. The number of halogens is 5. The molecule has 0 aliphatic heterocycles. The number of rotatable bonds is 4. The van der Waals surface area contributed by atoms with Gasteiger partial charge in [0.1, 0.15) is 5.75 Å². The minimum Gasteiger partial charge on any atom is -0.425 e. The maximum atomic E-state index is 13.3. The van der Waals surface area contributed by atoms with E-state index in [1.54, 1.807) is 24.3 Å². The Morgan fingerprint density at radius 2 is 1.67 bits per heavy atom. The Kier molecular flexibility index (Phi) is 5.75. The average molecular weight is 499 g/mol. The summed E-state index contributed by atoms with van der Waals surface area (Å²) >= 11 is 11.6. The van der Waals surface area contributed by atoms with Gasteiger partial charge in [0, 0.05) is 19.1 Å². The lowest BCUT2D eigenvalue weighted by atomic mass is 10.2. The molecule has 2 heterocycles. The van der Waals surface area contributed by atoms with E-state index in [2.05, 4.69) is 4.98 Å². The topological polar surface area (TPSA) is 71.1 Å². The van der Waals surface area contributed by atoms with E-state index in [1.807, 2.05) is 0 Å². The molecule has 2 aromatic carbocycles. The number of nitrogens with zero attached hydrogens (tertiary/aromatic N) is 4. The van der Waals surface area contributed by atoms with Crippen molar-refractivity contribution in [1.29, 1.82) is 0 Å². The molecule has 172 valence electrons. The summed E-state index contributed by atoms with van der Waals surface area (Å²) in [6.07, 6.45) is -4.69. The second kappa shape index (κ2) is 8.27. The van der Waals surface area contributed by atoms with E-state index >= 15 is 0 Å². The summed E-state index contributed by atoms with van der Waals surface area (Å²) in [6, 6.07) is 9.61. The van der Waals surface area contributed by atoms with Crippen LogP contribution in [0.1, 0.15) is 11.1 Å². The SMILES string of the molecule is Cn1c(=O)c2c(nc(Oc3ccc(Cl)c(C(F)(F)F)c3)n2Cc2ccc(Cl)cc2)n(C)c1=O. The first kappa shape index (κ1) is 22.9. The summed E-state index contributed by atoms with van der Waals surface area (Å²) in [5, 5.41) is 0.0191. The van der Waals surface area contributed by atoms with E-state index in [-0.39, 0.29) is 29.5 Å². The Hall–Kier alpha value is -3.24. The highest BCUT2D eigenvalue weighted by Crippen LogP contribution is 2.38. The zero-order valence-electron chi connectivity index (χ0n) is 17.2. The van der Waals surface area contributed by atoms with Crippen LogP contribution >= 0.6 is 23.2 Å².